The highest BCUT2D eigenvalue weighted by atomic mass is 32.2. The number of nitrogens with zero attached hydrogens (tertiary/aromatic N) is 4. The van der Waals surface area contributed by atoms with Gasteiger partial charge in [0.2, 0.25) is 0 Å². The van der Waals surface area contributed by atoms with Crippen molar-refractivity contribution < 1.29 is 13.2 Å². The van der Waals surface area contributed by atoms with Gasteiger partial charge in [0.05, 0.1) is 28.1 Å². The Morgan fingerprint density at radius 1 is 1.14 bits per heavy atom. The summed E-state index contributed by atoms with van der Waals surface area (Å²) >= 11 is 0. The zero-order valence-corrected chi connectivity index (χ0v) is 20.4. The van der Waals surface area contributed by atoms with Crippen molar-refractivity contribution in [3.8, 4) is 6.07 Å². The molecular weight excluding hydrogens is 462 g/mol. The van der Waals surface area contributed by atoms with E-state index in [1.165, 1.54) is 6.26 Å². The molecule has 0 bridgehead atoms. The van der Waals surface area contributed by atoms with E-state index in [0.717, 1.165) is 41.2 Å². The van der Waals surface area contributed by atoms with Crippen molar-refractivity contribution in [2.45, 2.75) is 43.6 Å². The molecule has 0 aliphatic carbocycles. The Bertz CT molecular complexity index is 1490. The highest BCUT2D eigenvalue weighted by Crippen LogP contribution is 2.39. The molecule has 1 fully saturated rings. The maximum atomic E-state index is 12.7. The Kier molecular flexibility index (Phi) is 6.09. The topological polar surface area (TPSA) is 117 Å². The van der Waals surface area contributed by atoms with E-state index in [0.29, 0.717) is 42.2 Å². The van der Waals surface area contributed by atoms with Crippen LogP contribution in [0.4, 0.5) is 17.1 Å². The van der Waals surface area contributed by atoms with Crippen LogP contribution in [0.25, 0.3) is 0 Å². The number of hydrogen-bond donors (Lipinski definition) is 1. The molecule has 1 N–H and O–H groups in total. The molecule has 0 saturated carbocycles. The average Bonchev–Trinajstić information content (AvgIpc) is 3.48. The van der Waals surface area contributed by atoms with E-state index < -0.39 is 9.84 Å². The van der Waals surface area contributed by atoms with Gasteiger partial charge in [-0.15, -0.1) is 0 Å². The van der Waals surface area contributed by atoms with Crippen molar-refractivity contribution in [2.75, 3.05) is 18.2 Å². The lowest BCUT2D eigenvalue weighted by molar-refractivity contribution is 0.112. The lowest BCUT2D eigenvalue weighted by Gasteiger charge is -2.17. The van der Waals surface area contributed by atoms with Gasteiger partial charge in [-0.25, -0.2) is 13.4 Å². The third kappa shape index (κ3) is 4.94. The minimum absolute atomic E-state index is 0.0785. The van der Waals surface area contributed by atoms with Crippen LogP contribution in [0.1, 0.15) is 54.2 Å². The molecule has 9 heteroatoms. The third-order valence-electron chi connectivity index (χ3n) is 6.10. The molecular formula is C26H25N5O3S. The first-order valence-electron chi connectivity index (χ1n) is 11.5. The molecule has 3 aromatic rings. The first-order chi connectivity index (χ1) is 16.8. The maximum Gasteiger partial charge on any atom is 0.177 e. The number of rotatable bonds is 6. The Morgan fingerprint density at radius 3 is 2.74 bits per heavy atom. The summed E-state index contributed by atoms with van der Waals surface area (Å²) in [7, 11) is -3.51. The van der Waals surface area contributed by atoms with Crippen LogP contribution in [0.3, 0.4) is 0 Å². The molecule has 35 heavy (non-hydrogen) atoms. The highest BCUT2D eigenvalue weighted by molar-refractivity contribution is 7.90. The predicted molar refractivity (Wildman–Crippen MR) is 133 cm³/mol. The second-order valence-electron chi connectivity index (χ2n) is 8.94. The first kappa shape index (κ1) is 23.1. The van der Waals surface area contributed by atoms with Crippen LogP contribution in [0, 0.1) is 11.3 Å². The van der Waals surface area contributed by atoms with Gasteiger partial charge < -0.3 is 10.1 Å². The molecule has 1 saturated heterocycles. The van der Waals surface area contributed by atoms with Crippen molar-refractivity contribution >= 4 is 32.6 Å². The van der Waals surface area contributed by atoms with Crippen molar-refractivity contribution in [1.82, 2.24) is 9.97 Å². The second-order valence-corrected chi connectivity index (χ2v) is 10.9. The Balaban J connectivity index is 1.54. The number of nitriles is 1. The van der Waals surface area contributed by atoms with Crippen LogP contribution in [-0.4, -0.2) is 37.0 Å². The largest absolute Gasteiger partial charge is 0.374 e. The normalized spacial score (nSPS) is 17.1. The molecule has 0 amide bonds. The van der Waals surface area contributed by atoms with Crippen molar-refractivity contribution in [1.29, 1.82) is 5.26 Å². The first-order valence-corrected chi connectivity index (χ1v) is 13.3. The average molecular weight is 488 g/mol. The zero-order valence-electron chi connectivity index (χ0n) is 19.6. The second kappa shape index (κ2) is 9.21. The number of nitrogens with one attached hydrogen (secondary N) is 1. The number of hydrogen-bond acceptors (Lipinski definition) is 8. The molecule has 1 atom stereocenters. The molecule has 2 aliphatic rings. The number of ether oxygens (including phenoxy) is 1. The Labute approximate surface area is 204 Å². The van der Waals surface area contributed by atoms with Crippen LogP contribution in [0.5, 0.6) is 0 Å². The van der Waals surface area contributed by atoms with E-state index in [1.807, 2.05) is 25.1 Å². The molecule has 0 spiro atoms. The molecule has 0 radical (unpaired) electrons. The van der Waals surface area contributed by atoms with Gasteiger partial charge >= 0.3 is 0 Å². The molecule has 0 unspecified atom stereocenters. The Morgan fingerprint density at radius 2 is 2.00 bits per heavy atom. The monoisotopic (exact) mass is 487 g/mol. The smallest absolute Gasteiger partial charge is 0.177 e. The SMILES string of the molecule is CC1=Nc2c(Nc3ccc([C@@H]4CCCO4)cc3S(C)(=O)=O)cc(Cc3cccc(C#N)n3)nc2C1. The summed E-state index contributed by atoms with van der Waals surface area (Å²) in [4.78, 5) is 14.0. The molecule has 4 heterocycles. The fourth-order valence-corrected chi connectivity index (χ4v) is 5.39. The molecule has 2 aliphatic heterocycles. The third-order valence-corrected chi connectivity index (χ3v) is 7.24. The van der Waals surface area contributed by atoms with E-state index >= 15 is 0 Å². The van der Waals surface area contributed by atoms with Crippen LogP contribution in [0.15, 0.2) is 52.4 Å². The maximum absolute atomic E-state index is 12.7. The van der Waals surface area contributed by atoms with E-state index in [1.54, 1.807) is 24.3 Å². The van der Waals surface area contributed by atoms with Crippen LogP contribution in [0.2, 0.25) is 0 Å². The summed E-state index contributed by atoms with van der Waals surface area (Å²) in [6, 6.07) is 14.7. The number of aromatic nitrogens is 2. The number of aliphatic imine (C=N–C) groups is 1. The Hall–Kier alpha value is -3.61. The van der Waals surface area contributed by atoms with Gasteiger partial charge in [0.25, 0.3) is 0 Å². The van der Waals surface area contributed by atoms with Crippen molar-refractivity contribution in [3.63, 3.8) is 0 Å². The molecule has 1 aromatic carbocycles. The summed E-state index contributed by atoms with van der Waals surface area (Å²) in [6.07, 6.45) is 4.05. The van der Waals surface area contributed by atoms with E-state index in [2.05, 4.69) is 21.4 Å². The van der Waals surface area contributed by atoms with Gasteiger partial charge in [-0.1, -0.05) is 12.1 Å². The predicted octanol–water partition coefficient (Wildman–Crippen LogP) is 4.59. The van der Waals surface area contributed by atoms with Crippen molar-refractivity contribution in [3.05, 3.63) is 70.8 Å². The fourth-order valence-electron chi connectivity index (χ4n) is 4.52. The quantitative estimate of drug-likeness (QED) is 0.540. The standard InChI is InChI=1S/C26H25N5O3S/c1-16-11-22-26(28-16)23(14-20(30-22)13-18-5-3-6-19(15-27)29-18)31-21-9-8-17(24-7-4-10-34-24)12-25(21)35(2,32)33/h3,5-6,8-9,12,14,24H,4,7,10-11,13H2,1-2H3,(H,30,31)/t24-/m0/s1. The number of anilines is 2. The minimum atomic E-state index is -3.51. The number of sulfone groups is 1. The summed E-state index contributed by atoms with van der Waals surface area (Å²) in [6.45, 7) is 2.63. The summed E-state index contributed by atoms with van der Waals surface area (Å²) in [5.74, 6) is 0. The van der Waals surface area contributed by atoms with Crippen LogP contribution in [-0.2, 0) is 27.4 Å². The number of fused-ring (bicyclic) bond motifs is 1. The molecule has 178 valence electrons. The molecule has 2 aromatic heterocycles. The van der Waals surface area contributed by atoms with Gasteiger partial charge in [0.15, 0.2) is 9.84 Å². The van der Waals surface area contributed by atoms with Gasteiger partial charge in [-0.2, -0.15) is 5.26 Å². The van der Waals surface area contributed by atoms with Crippen LogP contribution >= 0.6 is 0 Å². The van der Waals surface area contributed by atoms with Gasteiger partial charge in [-0.05, 0) is 55.7 Å². The zero-order chi connectivity index (χ0) is 24.6. The number of pyridine rings is 2. The number of benzene rings is 1. The summed E-state index contributed by atoms with van der Waals surface area (Å²) in [5, 5.41) is 12.5. The minimum Gasteiger partial charge on any atom is -0.374 e. The summed E-state index contributed by atoms with van der Waals surface area (Å²) < 4.78 is 31.2. The van der Waals surface area contributed by atoms with Gasteiger partial charge in [0.1, 0.15) is 17.5 Å². The summed E-state index contributed by atoms with van der Waals surface area (Å²) in [5.41, 5.74) is 6.37. The van der Waals surface area contributed by atoms with E-state index in [9.17, 15) is 8.42 Å². The fraction of sp³-hybridized carbons (Fsp3) is 0.308. The highest BCUT2D eigenvalue weighted by Gasteiger charge is 2.24. The molecule has 8 nitrogen and oxygen atoms in total. The van der Waals surface area contributed by atoms with Crippen molar-refractivity contribution in [2.24, 2.45) is 4.99 Å². The van der Waals surface area contributed by atoms with Gasteiger partial charge in [0, 0.05) is 42.8 Å². The lowest BCUT2D eigenvalue weighted by atomic mass is 10.1. The van der Waals surface area contributed by atoms with Gasteiger partial charge in [-0.3, -0.25) is 9.98 Å². The lowest BCUT2D eigenvalue weighted by Crippen LogP contribution is -2.07. The van der Waals surface area contributed by atoms with E-state index in [4.69, 9.17) is 15.0 Å². The van der Waals surface area contributed by atoms with E-state index in [-0.39, 0.29) is 11.0 Å². The molecule has 5 rings (SSSR count). The van der Waals surface area contributed by atoms with Crippen LogP contribution < -0.4 is 5.32 Å².